The maximum absolute atomic E-state index is 10.6. The molecule has 0 unspecified atom stereocenters. The summed E-state index contributed by atoms with van der Waals surface area (Å²) < 4.78 is 4.21. The van der Waals surface area contributed by atoms with E-state index >= 15 is 0 Å². The summed E-state index contributed by atoms with van der Waals surface area (Å²) in [7, 11) is 1.13. The van der Waals surface area contributed by atoms with Gasteiger partial charge in [-0.15, -0.1) is 0 Å². The Balaban J connectivity index is 4.50. The SMILES string of the molecule is COC(=O)C(=N)/C(Cl)=C\C(=N)Cl. The van der Waals surface area contributed by atoms with E-state index in [0.29, 0.717) is 0 Å². The number of esters is 1. The lowest BCUT2D eigenvalue weighted by atomic mass is 10.3. The van der Waals surface area contributed by atoms with Gasteiger partial charge in [-0.05, 0) is 6.08 Å². The van der Waals surface area contributed by atoms with E-state index < -0.39 is 11.7 Å². The summed E-state index contributed by atoms with van der Waals surface area (Å²) in [6.45, 7) is 0. The smallest absolute Gasteiger partial charge is 0.357 e. The van der Waals surface area contributed by atoms with Gasteiger partial charge < -0.3 is 4.74 Å². The Labute approximate surface area is 79.1 Å². The number of allylic oxidation sites excluding steroid dienone is 1. The molecule has 0 saturated carbocycles. The van der Waals surface area contributed by atoms with Crippen LogP contribution in [-0.4, -0.2) is 24.0 Å². The van der Waals surface area contributed by atoms with E-state index in [4.69, 9.17) is 34.0 Å². The van der Waals surface area contributed by atoms with Gasteiger partial charge in [0.25, 0.3) is 0 Å². The Bertz CT molecular complexity index is 260. The van der Waals surface area contributed by atoms with Gasteiger partial charge in [0.15, 0.2) is 5.71 Å². The minimum absolute atomic E-state index is 0.221. The second kappa shape index (κ2) is 4.90. The minimum atomic E-state index is -0.867. The number of nitrogens with one attached hydrogen (secondary N) is 2. The molecule has 4 nitrogen and oxygen atoms in total. The summed E-state index contributed by atoms with van der Waals surface area (Å²) in [5, 5.41) is 13.3. The van der Waals surface area contributed by atoms with Gasteiger partial charge in [-0.3, -0.25) is 10.8 Å². The van der Waals surface area contributed by atoms with Crippen molar-refractivity contribution in [1.29, 1.82) is 10.8 Å². The molecule has 0 aliphatic rings. The monoisotopic (exact) mass is 208 g/mol. The third-order valence-electron chi connectivity index (χ3n) is 0.882. The minimum Gasteiger partial charge on any atom is -0.464 e. The van der Waals surface area contributed by atoms with Crippen LogP contribution >= 0.6 is 23.2 Å². The molecule has 0 aliphatic carbocycles. The molecule has 0 aliphatic heterocycles. The van der Waals surface area contributed by atoms with Crippen LogP contribution in [0.2, 0.25) is 0 Å². The average molecular weight is 209 g/mol. The first-order chi connectivity index (χ1) is 5.49. The molecule has 0 radical (unpaired) electrons. The number of ether oxygens (including phenoxy) is 1. The molecule has 0 aromatic carbocycles. The van der Waals surface area contributed by atoms with Gasteiger partial charge in [-0.1, -0.05) is 23.2 Å². The maximum Gasteiger partial charge on any atom is 0.357 e. The van der Waals surface area contributed by atoms with Crippen LogP contribution < -0.4 is 0 Å². The second-order valence-electron chi connectivity index (χ2n) is 1.71. The van der Waals surface area contributed by atoms with Crippen molar-refractivity contribution in [2.75, 3.05) is 7.11 Å². The van der Waals surface area contributed by atoms with Crippen molar-refractivity contribution in [3.8, 4) is 0 Å². The molecular formula is C6H6Cl2N2O2. The molecule has 6 heteroatoms. The lowest BCUT2D eigenvalue weighted by molar-refractivity contribution is -0.132. The van der Waals surface area contributed by atoms with Gasteiger partial charge >= 0.3 is 5.97 Å². The van der Waals surface area contributed by atoms with Crippen LogP contribution in [0.1, 0.15) is 0 Å². The van der Waals surface area contributed by atoms with Crippen LogP contribution in [0.3, 0.4) is 0 Å². The van der Waals surface area contributed by atoms with Crippen molar-refractivity contribution in [3.05, 3.63) is 11.1 Å². The molecular weight excluding hydrogens is 203 g/mol. The molecule has 0 amide bonds. The van der Waals surface area contributed by atoms with E-state index in [1.165, 1.54) is 0 Å². The van der Waals surface area contributed by atoms with Gasteiger partial charge in [0.05, 0.1) is 12.1 Å². The molecule has 0 rings (SSSR count). The first-order valence-electron chi connectivity index (χ1n) is 2.77. The zero-order valence-electron chi connectivity index (χ0n) is 6.15. The van der Waals surface area contributed by atoms with E-state index in [9.17, 15) is 4.79 Å². The molecule has 0 fully saturated rings. The van der Waals surface area contributed by atoms with Crippen molar-refractivity contribution in [3.63, 3.8) is 0 Å². The summed E-state index contributed by atoms with van der Waals surface area (Å²) in [5.74, 6) is -0.867. The molecule has 0 heterocycles. The zero-order valence-corrected chi connectivity index (χ0v) is 7.66. The Morgan fingerprint density at radius 2 is 1.92 bits per heavy atom. The van der Waals surface area contributed by atoms with Gasteiger partial charge in [0.2, 0.25) is 0 Å². The van der Waals surface area contributed by atoms with Crippen molar-refractivity contribution in [1.82, 2.24) is 0 Å². The first-order valence-corrected chi connectivity index (χ1v) is 3.53. The van der Waals surface area contributed by atoms with Crippen LogP contribution in [0.5, 0.6) is 0 Å². The van der Waals surface area contributed by atoms with E-state index in [-0.39, 0.29) is 10.2 Å². The predicted octanol–water partition coefficient (Wildman–Crippen LogP) is 1.52. The van der Waals surface area contributed by atoms with Crippen molar-refractivity contribution < 1.29 is 9.53 Å². The van der Waals surface area contributed by atoms with Gasteiger partial charge in [0, 0.05) is 0 Å². The zero-order chi connectivity index (χ0) is 9.72. The van der Waals surface area contributed by atoms with Crippen LogP contribution in [0.15, 0.2) is 11.1 Å². The van der Waals surface area contributed by atoms with Crippen LogP contribution in [0.4, 0.5) is 0 Å². The lowest BCUT2D eigenvalue weighted by Crippen LogP contribution is -2.14. The van der Waals surface area contributed by atoms with Gasteiger partial charge in [-0.2, -0.15) is 0 Å². The van der Waals surface area contributed by atoms with E-state index in [1.54, 1.807) is 0 Å². The first kappa shape index (κ1) is 11.1. The maximum atomic E-state index is 10.6. The largest absolute Gasteiger partial charge is 0.464 e. The van der Waals surface area contributed by atoms with Crippen molar-refractivity contribution in [2.24, 2.45) is 0 Å². The van der Waals surface area contributed by atoms with Crippen LogP contribution in [0, 0.1) is 10.8 Å². The van der Waals surface area contributed by atoms with Crippen molar-refractivity contribution in [2.45, 2.75) is 0 Å². The standard InChI is InChI=1S/C6H6Cl2N2O2/c1-12-6(11)5(10)3(7)2-4(8)9/h2,9-10H,1H3/b3-2+,9-4?,10-5?. The highest BCUT2D eigenvalue weighted by Gasteiger charge is 2.12. The van der Waals surface area contributed by atoms with Crippen LogP contribution in [0.25, 0.3) is 0 Å². The number of carbonyl (C=O) groups is 1. The average Bonchev–Trinajstić information content (AvgIpc) is 2.00. The predicted molar refractivity (Wildman–Crippen MR) is 47.3 cm³/mol. The fourth-order valence-electron chi connectivity index (χ4n) is 0.383. The molecule has 12 heavy (non-hydrogen) atoms. The Morgan fingerprint density at radius 1 is 1.42 bits per heavy atom. The molecule has 0 bridgehead atoms. The quantitative estimate of drug-likeness (QED) is 0.546. The van der Waals surface area contributed by atoms with Crippen LogP contribution in [-0.2, 0) is 9.53 Å². The summed E-state index contributed by atoms with van der Waals surface area (Å²) in [6, 6.07) is 0. The summed E-state index contributed by atoms with van der Waals surface area (Å²) in [6.07, 6.45) is 0.975. The number of hydrogen-bond acceptors (Lipinski definition) is 4. The molecule has 2 N–H and O–H groups in total. The molecule has 0 atom stereocenters. The molecule has 0 saturated heterocycles. The third kappa shape index (κ3) is 3.50. The highest BCUT2D eigenvalue weighted by Crippen LogP contribution is 2.05. The topological polar surface area (TPSA) is 74.0 Å². The van der Waals surface area contributed by atoms with Gasteiger partial charge in [-0.25, -0.2) is 4.79 Å². The number of halogens is 2. The fourth-order valence-corrected chi connectivity index (χ4v) is 0.734. The summed E-state index contributed by atoms with van der Waals surface area (Å²) in [5.41, 5.74) is -0.524. The van der Waals surface area contributed by atoms with Crippen molar-refractivity contribution >= 4 is 40.1 Å². The van der Waals surface area contributed by atoms with E-state index in [2.05, 4.69) is 4.74 Å². The number of methoxy groups -OCH3 is 1. The second-order valence-corrected chi connectivity index (χ2v) is 2.52. The highest BCUT2D eigenvalue weighted by atomic mass is 35.5. The van der Waals surface area contributed by atoms with Gasteiger partial charge in [0.1, 0.15) is 5.17 Å². The fraction of sp³-hybridized carbons (Fsp3) is 0.167. The molecule has 0 spiro atoms. The van der Waals surface area contributed by atoms with E-state index in [0.717, 1.165) is 13.2 Å². The number of rotatable bonds is 3. The Morgan fingerprint density at radius 3 is 2.25 bits per heavy atom. The Hall–Kier alpha value is -0.870. The Kier molecular flexibility index (Phi) is 4.54. The third-order valence-corrected chi connectivity index (χ3v) is 1.29. The molecule has 0 aromatic rings. The molecule has 0 aromatic heterocycles. The van der Waals surface area contributed by atoms with E-state index in [1.807, 2.05) is 0 Å². The summed E-state index contributed by atoms with van der Waals surface area (Å²) in [4.78, 5) is 10.6. The number of carbonyl (C=O) groups excluding carboxylic acids is 1. The summed E-state index contributed by atoms with van der Waals surface area (Å²) >= 11 is 10.5. The number of hydrogen-bond donors (Lipinski definition) is 2. The normalized spacial score (nSPS) is 10.8. The molecule has 66 valence electrons. The highest BCUT2D eigenvalue weighted by molar-refractivity contribution is 6.69. The lowest BCUT2D eigenvalue weighted by Gasteiger charge is -1.98.